The smallest absolute Gasteiger partial charge is 0.141 e. The van der Waals surface area contributed by atoms with Crippen LogP contribution in [0.1, 0.15) is 43.4 Å². The van der Waals surface area contributed by atoms with E-state index in [1.165, 1.54) is 59.8 Å². The van der Waals surface area contributed by atoms with E-state index in [9.17, 15) is 0 Å². The van der Waals surface area contributed by atoms with E-state index in [0.29, 0.717) is 10.8 Å². The predicted molar refractivity (Wildman–Crippen MR) is 146 cm³/mol. The van der Waals surface area contributed by atoms with Gasteiger partial charge in [-0.15, -0.1) is 0 Å². The number of hydrogen-bond acceptors (Lipinski definition) is 3. The summed E-state index contributed by atoms with van der Waals surface area (Å²) in [6, 6.07) is 15.1. The molecule has 0 amide bonds. The van der Waals surface area contributed by atoms with E-state index in [1.807, 2.05) is 24.5 Å². The first-order chi connectivity index (χ1) is 18.2. The van der Waals surface area contributed by atoms with Crippen molar-refractivity contribution in [2.45, 2.75) is 44.4 Å². The maximum Gasteiger partial charge on any atom is 0.141 e. The molecule has 2 N–H and O–H groups in total. The van der Waals surface area contributed by atoms with Gasteiger partial charge in [-0.25, -0.2) is 4.98 Å². The van der Waals surface area contributed by atoms with Crippen LogP contribution in [0.4, 0.5) is 0 Å². The molecule has 1 spiro atoms. The summed E-state index contributed by atoms with van der Waals surface area (Å²) in [6.07, 6.45) is 10.8. The van der Waals surface area contributed by atoms with Crippen LogP contribution in [0.15, 0.2) is 54.9 Å². The maximum atomic E-state index is 5.36. The Labute approximate surface area is 213 Å². The number of H-pyrrole nitrogens is 2. The summed E-state index contributed by atoms with van der Waals surface area (Å²) in [5, 5.41) is 3.44. The van der Waals surface area contributed by atoms with E-state index in [0.717, 1.165) is 56.4 Å². The van der Waals surface area contributed by atoms with Gasteiger partial charge in [-0.05, 0) is 98.6 Å². The molecule has 4 heterocycles. The standard InChI is InChI=1S/C32H27N5/c1-16-6-7-23-22(10-16)24(29(35-23)31-14-18-11-17-12-19(15-31)32(18,31)13-17)30-36-27-20-4-2-8-33-25(20)26-21(28(27)37-30)5-3-9-34-26/h2-10,17-19,35H,11-15H2,1H3,(H,36,37). The van der Waals surface area contributed by atoms with Crippen molar-refractivity contribution in [3.05, 3.63) is 66.1 Å². The zero-order chi connectivity index (χ0) is 24.1. The molecule has 6 aromatic rings. The number of nitrogens with zero attached hydrogens (tertiary/aromatic N) is 3. The molecule has 37 heavy (non-hydrogen) atoms. The Kier molecular flexibility index (Phi) is 3.17. The molecule has 0 saturated heterocycles. The lowest BCUT2D eigenvalue weighted by atomic mass is 9.29. The van der Waals surface area contributed by atoms with Gasteiger partial charge in [-0.2, -0.15) is 0 Å². The Morgan fingerprint density at radius 1 is 0.811 bits per heavy atom. The highest BCUT2D eigenvalue weighted by Gasteiger charge is 2.81. The number of aromatic amines is 2. The van der Waals surface area contributed by atoms with Crippen LogP contribution < -0.4 is 0 Å². The van der Waals surface area contributed by atoms with Crippen LogP contribution in [0.5, 0.6) is 0 Å². The van der Waals surface area contributed by atoms with E-state index < -0.39 is 0 Å². The van der Waals surface area contributed by atoms with Crippen LogP contribution in [0.3, 0.4) is 0 Å². The number of fused-ring (bicyclic) bond motifs is 8. The van der Waals surface area contributed by atoms with Gasteiger partial charge in [0.2, 0.25) is 0 Å². The molecule has 10 rings (SSSR count). The average Bonchev–Trinajstić information content (AvgIpc) is 3.66. The Morgan fingerprint density at radius 2 is 1.57 bits per heavy atom. The van der Waals surface area contributed by atoms with Crippen molar-refractivity contribution in [1.29, 1.82) is 0 Å². The fourth-order valence-electron chi connectivity index (χ4n) is 9.99. The Balaban J connectivity index is 1.30. The second kappa shape index (κ2) is 6.04. The van der Waals surface area contributed by atoms with Crippen LogP contribution in [0.25, 0.3) is 55.1 Å². The van der Waals surface area contributed by atoms with E-state index in [2.05, 4.69) is 47.2 Å². The van der Waals surface area contributed by atoms with Gasteiger partial charge in [0.25, 0.3) is 0 Å². The highest BCUT2D eigenvalue weighted by atomic mass is 15.0. The topological polar surface area (TPSA) is 70.2 Å². The quantitative estimate of drug-likeness (QED) is 0.257. The summed E-state index contributed by atoms with van der Waals surface area (Å²) < 4.78 is 0. The molecule has 4 aliphatic carbocycles. The largest absolute Gasteiger partial charge is 0.357 e. The first kappa shape index (κ1) is 19.4. The van der Waals surface area contributed by atoms with Crippen molar-refractivity contribution in [2.24, 2.45) is 23.2 Å². The first-order valence-electron chi connectivity index (χ1n) is 13.8. The second-order valence-corrected chi connectivity index (χ2v) is 12.5. The summed E-state index contributed by atoms with van der Waals surface area (Å²) in [4.78, 5) is 22.6. The van der Waals surface area contributed by atoms with E-state index in [4.69, 9.17) is 15.0 Å². The highest BCUT2D eigenvalue weighted by Crippen LogP contribution is 2.87. The molecule has 4 aromatic heterocycles. The molecule has 4 saturated carbocycles. The molecule has 4 aliphatic rings. The van der Waals surface area contributed by atoms with E-state index in [-0.39, 0.29) is 0 Å². The van der Waals surface area contributed by atoms with Gasteiger partial charge in [-0.1, -0.05) is 11.6 Å². The molecule has 2 aromatic carbocycles. The number of pyridine rings is 2. The van der Waals surface area contributed by atoms with Gasteiger partial charge in [0.05, 0.1) is 22.1 Å². The third-order valence-corrected chi connectivity index (χ3v) is 11.1. The van der Waals surface area contributed by atoms with Gasteiger partial charge in [0.1, 0.15) is 5.82 Å². The molecule has 5 heteroatoms. The Hall–Kier alpha value is -3.73. The van der Waals surface area contributed by atoms with Crippen molar-refractivity contribution >= 4 is 43.7 Å². The Bertz CT molecular complexity index is 1890. The lowest BCUT2D eigenvalue weighted by Gasteiger charge is -2.74. The normalized spacial score (nSPS) is 31.3. The van der Waals surface area contributed by atoms with Crippen LogP contribution >= 0.6 is 0 Å². The zero-order valence-corrected chi connectivity index (χ0v) is 20.8. The summed E-state index contributed by atoms with van der Waals surface area (Å²) in [5.41, 5.74) is 10.0. The van der Waals surface area contributed by atoms with E-state index >= 15 is 0 Å². The molecule has 2 unspecified atom stereocenters. The molecule has 0 radical (unpaired) electrons. The van der Waals surface area contributed by atoms with Crippen LogP contribution in [0.2, 0.25) is 0 Å². The summed E-state index contributed by atoms with van der Waals surface area (Å²) in [6.45, 7) is 2.20. The van der Waals surface area contributed by atoms with Crippen molar-refractivity contribution in [3.63, 3.8) is 0 Å². The highest BCUT2D eigenvalue weighted by molar-refractivity contribution is 6.21. The van der Waals surface area contributed by atoms with Crippen molar-refractivity contribution < 1.29 is 0 Å². The van der Waals surface area contributed by atoms with Crippen molar-refractivity contribution in [1.82, 2.24) is 24.9 Å². The van der Waals surface area contributed by atoms with Crippen LogP contribution in [-0.2, 0) is 5.41 Å². The minimum absolute atomic E-state index is 0.294. The third kappa shape index (κ3) is 2.01. The fourth-order valence-corrected chi connectivity index (χ4v) is 9.99. The molecule has 4 fully saturated rings. The number of benzene rings is 2. The maximum absolute atomic E-state index is 5.36. The minimum atomic E-state index is 0.294. The molecule has 180 valence electrons. The average molecular weight is 482 g/mol. The second-order valence-electron chi connectivity index (χ2n) is 12.5. The van der Waals surface area contributed by atoms with Gasteiger partial charge in [-0.3, -0.25) is 9.97 Å². The lowest BCUT2D eigenvalue weighted by Crippen LogP contribution is -2.71. The summed E-state index contributed by atoms with van der Waals surface area (Å²) in [5.74, 6) is 3.82. The first-order valence-corrected chi connectivity index (χ1v) is 13.8. The minimum Gasteiger partial charge on any atom is -0.357 e. The number of aryl methyl sites for hydroxylation is 1. The third-order valence-electron chi connectivity index (χ3n) is 11.1. The van der Waals surface area contributed by atoms with Crippen LogP contribution in [0, 0.1) is 30.1 Å². The number of aromatic nitrogens is 5. The Morgan fingerprint density at radius 3 is 2.35 bits per heavy atom. The number of nitrogens with one attached hydrogen (secondary N) is 2. The van der Waals surface area contributed by atoms with Gasteiger partial charge in [0.15, 0.2) is 0 Å². The number of rotatable bonds is 2. The zero-order valence-electron chi connectivity index (χ0n) is 20.8. The molecular formula is C32H27N5. The monoisotopic (exact) mass is 481 g/mol. The number of imidazole rings is 1. The summed E-state index contributed by atoms with van der Waals surface area (Å²) in [7, 11) is 0. The SMILES string of the molecule is Cc1ccc2[nH]c(C34CC5CC6CC(C3)C54C6)c(-c3nc4c5cccnc5c5ncccc5c4[nH]3)c2c1. The lowest BCUT2D eigenvalue weighted by molar-refractivity contribution is -0.206. The molecule has 5 nitrogen and oxygen atoms in total. The summed E-state index contributed by atoms with van der Waals surface area (Å²) >= 11 is 0. The molecule has 2 atom stereocenters. The fraction of sp³-hybridized carbons (Fsp3) is 0.344. The van der Waals surface area contributed by atoms with Crippen molar-refractivity contribution in [2.75, 3.05) is 0 Å². The van der Waals surface area contributed by atoms with Gasteiger partial charge in [0, 0.05) is 50.7 Å². The number of hydrogen-bond donors (Lipinski definition) is 2. The van der Waals surface area contributed by atoms with Crippen molar-refractivity contribution in [3.8, 4) is 11.4 Å². The molecule has 0 aliphatic heterocycles. The molecule has 2 bridgehead atoms. The predicted octanol–water partition coefficient (Wildman–Crippen LogP) is 7.19. The molecular weight excluding hydrogens is 454 g/mol. The van der Waals surface area contributed by atoms with Gasteiger partial charge < -0.3 is 9.97 Å². The van der Waals surface area contributed by atoms with Gasteiger partial charge >= 0.3 is 0 Å². The van der Waals surface area contributed by atoms with E-state index in [1.54, 1.807) is 0 Å². The van der Waals surface area contributed by atoms with Crippen LogP contribution in [-0.4, -0.2) is 24.9 Å².